The number of anilines is 1. The number of nitrogens with one attached hydrogen (secondary N) is 2. The minimum Gasteiger partial charge on any atom is -0.317 e. The molecule has 0 aliphatic rings. The van der Waals surface area contributed by atoms with E-state index in [0.29, 0.717) is 12.1 Å². The lowest BCUT2D eigenvalue weighted by Gasteiger charge is -2.09. The van der Waals surface area contributed by atoms with E-state index >= 15 is 0 Å². The van der Waals surface area contributed by atoms with Crippen LogP contribution in [0.3, 0.4) is 0 Å². The van der Waals surface area contributed by atoms with E-state index in [-0.39, 0.29) is 5.75 Å². The van der Waals surface area contributed by atoms with E-state index in [2.05, 4.69) is 26.0 Å². The molecule has 0 aliphatic carbocycles. The molecule has 0 radical (unpaired) electrons. The molecule has 0 fully saturated rings. The minimum atomic E-state index is -3.25. The summed E-state index contributed by atoms with van der Waals surface area (Å²) in [5.41, 5.74) is 1.68. The van der Waals surface area contributed by atoms with Gasteiger partial charge in [0, 0.05) is 10.2 Å². The lowest BCUT2D eigenvalue weighted by molar-refractivity contribution is 0.593. The van der Waals surface area contributed by atoms with Gasteiger partial charge in [-0.1, -0.05) is 28.9 Å². The summed E-state index contributed by atoms with van der Waals surface area (Å²) < 4.78 is 27.3. The Kier molecular flexibility index (Phi) is 6.82. The summed E-state index contributed by atoms with van der Waals surface area (Å²) in [5.74, 6) is 0.157. The molecule has 4 nitrogen and oxygen atoms in total. The maximum atomic E-state index is 11.9. The van der Waals surface area contributed by atoms with Gasteiger partial charge in [0.1, 0.15) is 0 Å². The Hall–Kier alpha value is -0.590. The van der Waals surface area contributed by atoms with E-state index in [1.807, 2.05) is 19.9 Å². The van der Waals surface area contributed by atoms with E-state index in [1.165, 1.54) is 0 Å². The highest BCUT2D eigenvalue weighted by atomic mass is 79.9. The largest absolute Gasteiger partial charge is 0.317 e. The quantitative estimate of drug-likeness (QED) is 0.710. The zero-order valence-corrected chi connectivity index (χ0v) is 13.8. The van der Waals surface area contributed by atoms with Gasteiger partial charge in [0.2, 0.25) is 10.0 Å². The first kappa shape index (κ1) is 16.5. The second-order valence-corrected chi connectivity index (χ2v) is 7.14. The van der Waals surface area contributed by atoms with E-state index in [9.17, 15) is 8.42 Å². The van der Waals surface area contributed by atoms with Crippen LogP contribution in [0.2, 0.25) is 0 Å². The molecule has 1 aromatic carbocycles. The summed E-state index contributed by atoms with van der Waals surface area (Å²) in [6.45, 7) is 5.78. The number of sulfonamides is 1. The third kappa shape index (κ3) is 6.40. The molecule has 0 saturated carbocycles. The third-order valence-electron chi connectivity index (χ3n) is 2.71. The Balaban J connectivity index is 2.47. The fourth-order valence-electron chi connectivity index (χ4n) is 1.61. The molecular formula is C13H21BrN2O2S. The molecule has 108 valence electrons. The topological polar surface area (TPSA) is 58.2 Å². The molecule has 0 unspecified atom stereocenters. The average molecular weight is 349 g/mol. The molecular weight excluding hydrogens is 328 g/mol. The van der Waals surface area contributed by atoms with Crippen molar-refractivity contribution in [2.24, 2.45) is 0 Å². The van der Waals surface area contributed by atoms with Crippen molar-refractivity contribution in [3.63, 3.8) is 0 Å². The van der Waals surface area contributed by atoms with Gasteiger partial charge in [0.25, 0.3) is 0 Å². The molecule has 0 bridgehead atoms. The van der Waals surface area contributed by atoms with Crippen molar-refractivity contribution >= 4 is 31.6 Å². The smallest absolute Gasteiger partial charge is 0.232 e. The molecule has 0 aliphatic heterocycles. The molecule has 0 spiro atoms. The van der Waals surface area contributed by atoms with Gasteiger partial charge in [0.15, 0.2) is 0 Å². The zero-order chi connectivity index (χ0) is 14.3. The highest BCUT2D eigenvalue weighted by molar-refractivity contribution is 9.10. The molecule has 0 saturated heterocycles. The predicted molar refractivity (Wildman–Crippen MR) is 84.1 cm³/mol. The van der Waals surface area contributed by atoms with E-state index in [0.717, 1.165) is 29.5 Å². The Morgan fingerprint density at radius 3 is 2.63 bits per heavy atom. The Labute approximate surface area is 124 Å². The molecule has 0 heterocycles. The van der Waals surface area contributed by atoms with Crippen molar-refractivity contribution in [3.8, 4) is 0 Å². The van der Waals surface area contributed by atoms with E-state index < -0.39 is 10.0 Å². The lowest BCUT2D eigenvalue weighted by atomic mass is 10.2. The predicted octanol–water partition coefficient (Wildman–Crippen LogP) is 2.89. The number of aryl methyl sites for hydroxylation is 1. The van der Waals surface area contributed by atoms with Crippen molar-refractivity contribution in [1.82, 2.24) is 5.32 Å². The molecule has 2 N–H and O–H groups in total. The van der Waals surface area contributed by atoms with Gasteiger partial charge in [-0.2, -0.15) is 0 Å². The van der Waals surface area contributed by atoms with Crippen LogP contribution in [0.15, 0.2) is 22.7 Å². The van der Waals surface area contributed by atoms with Gasteiger partial charge in [-0.05, 0) is 50.6 Å². The van der Waals surface area contributed by atoms with Crippen LogP contribution < -0.4 is 10.0 Å². The number of halogens is 1. The van der Waals surface area contributed by atoms with Gasteiger partial charge in [0.05, 0.1) is 5.75 Å². The van der Waals surface area contributed by atoms with Crippen LogP contribution in [-0.2, 0) is 10.0 Å². The molecule has 0 atom stereocenters. The number of hydrogen-bond donors (Lipinski definition) is 2. The van der Waals surface area contributed by atoms with Gasteiger partial charge in [-0.3, -0.25) is 4.72 Å². The summed E-state index contributed by atoms with van der Waals surface area (Å²) in [6.07, 6.45) is 1.53. The summed E-state index contributed by atoms with van der Waals surface area (Å²) >= 11 is 3.39. The van der Waals surface area contributed by atoms with Crippen molar-refractivity contribution < 1.29 is 8.42 Å². The summed E-state index contributed by atoms with van der Waals surface area (Å²) in [5, 5.41) is 3.18. The molecule has 6 heteroatoms. The number of benzene rings is 1. The first-order valence-electron chi connectivity index (χ1n) is 6.42. The minimum absolute atomic E-state index is 0.157. The molecule has 1 aromatic rings. The maximum Gasteiger partial charge on any atom is 0.232 e. The van der Waals surface area contributed by atoms with Crippen LogP contribution in [0.5, 0.6) is 0 Å². The molecule has 1 rings (SSSR count). The monoisotopic (exact) mass is 348 g/mol. The highest BCUT2D eigenvalue weighted by Crippen LogP contribution is 2.21. The second kappa shape index (κ2) is 7.87. The van der Waals surface area contributed by atoms with Crippen LogP contribution in [0.25, 0.3) is 0 Å². The molecule has 19 heavy (non-hydrogen) atoms. The second-order valence-electron chi connectivity index (χ2n) is 4.45. The first-order chi connectivity index (χ1) is 8.94. The fourth-order valence-corrected chi connectivity index (χ4v) is 3.16. The van der Waals surface area contributed by atoms with Crippen molar-refractivity contribution in [1.29, 1.82) is 0 Å². The van der Waals surface area contributed by atoms with Gasteiger partial charge in [-0.15, -0.1) is 0 Å². The molecule has 0 aromatic heterocycles. The van der Waals surface area contributed by atoms with Crippen molar-refractivity contribution in [2.45, 2.75) is 26.7 Å². The standard InChI is InChI=1S/C13H21BrN2O2S/c1-3-15-8-4-5-9-19(17,18)16-12-7-6-11(2)13(14)10-12/h6-7,10,15-16H,3-5,8-9H2,1-2H3. The Morgan fingerprint density at radius 2 is 2.00 bits per heavy atom. The Bertz CT molecular complexity index is 503. The Morgan fingerprint density at radius 1 is 1.26 bits per heavy atom. The van der Waals surface area contributed by atoms with Crippen LogP contribution >= 0.6 is 15.9 Å². The first-order valence-corrected chi connectivity index (χ1v) is 8.86. The van der Waals surface area contributed by atoms with Crippen LogP contribution in [0.4, 0.5) is 5.69 Å². The summed E-state index contributed by atoms with van der Waals surface area (Å²) in [7, 11) is -3.25. The van der Waals surface area contributed by atoms with Crippen LogP contribution in [0.1, 0.15) is 25.3 Å². The summed E-state index contributed by atoms with van der Waals surface area (Å²) in [6, 6.07) is 5.44. The normalized spacial score (nSPS) is 11.5. The highest BCUT2D eigenvalue weighted by Gasteiger charge is 2.10. The average Bonchev–Trinajstić information content (AvgIpc) is 2.33. The van der Waals surface area contributed by atoms with Crippen molar-refractivity contribution in [2.75, 3.05) is 23.6 Å². The lowest BCUT2D eigenvalue weighted by Crippen LogP contribution is -2.19. The maximum absolute atomic E-state index is 11.9. The van der Waals surface area contributed by atoms with Gasteiger partial charge < -0.3 is 5.32 Å². The van der Waals surface area contributed by atoms with Gasteiger partial charge in [-0.25, -0.2) is 8.42 Å². The van der Waals surface area contributed by atoms with Crippen molar-refractivity contribution in [3.05, 3.63) is 28.2 Å². The van der Waals surface area contributed by atoms with Gasteiger partial charge >= 0.3 is 0 Å². The number of unbranched alkanes of at least 4 members (excludes halogenated alkanes) is 1. The third-order valence-corrected chi connectivity index (χ3v) is 4.94. The SMILES string of the molecule is CCNCCCCS(=O)(=O)Nc1ccc(C)c(Br)c1. The fraction of sp³-hybridized carbons (Fsp3) is 0.538. The van der Waals surface area contributed by atoms with Crippen LogP contribution in [0, 0.1) is 6.92 Å². The van der Waals surface area contributed by atoms with E-state index in [1.54, 1.807) is 12.1 Å². The summed E-state index contributed by atoms with van der Waals surface area (Å²) in [4.78, 5) is 0. The number of hydrogen-bond acceptors (Lipinski definition) is 3. The zero-order valence-electron chi connectivity index (χ0n) is 11.4. The number of rotatable bonds is 8. The van der Waals surface area contributed by atoms with Crippen LogP contribution in [-0.4, -0.2) is 27.3 Å². The molecule has 0 amide bonds. The van der Waals surface area contributed by atoms with E-state index in [4.69, 9.17) is 0 Å².